The minimum absolute atomic E-state index is 0.101. The highest BCUT2D eigenvalue weighted by Crippen LogP contribution is 2.29. The third kappa shape index (κ3) is 2.69. The third-order valence-corrected chi connectivity index (χ3v) is 3.14. The summed E-state index contributed by atoms with van der Waals surface area (Å²) < 4.78 is 5.33. The van der Waals surface area contributed by atoms with E-state index in [0.29, 0.717) is 12.0 Å². The van der Waals surface area contributed by atoms with Gasteiger partial charge in [0.25, 0.3) is 0 Å². The van der Waals surface area contributed by atoms with Crippen LogP contribution in [0.1, 0.15) is 26.2 Å². The molecule has 1 heterocycles. The average Bonchev–Trinajstić information content (AvgIpc) is 2.92. The summed E-state index contributed by atoms with van der Waals surface area (Å²) in [6, 6.07) is 0.0945. The van der Waals surface area contributed by atoms with Crippen LogP contribution in [-0.2, 0) is 9.53 Å². The molecule has 2 fully saturated rings. The first-order valence-electron chi connectivity index (χ1n) is 5.82. The molecule has 4 heteroatoms. The van der Waals surface area contributed by atoms with Crippen LogP contribution in [-0.4, -0.2) is 42.6 Å². The molecule has 0 bridgehead atoms. The molecule has 2 unspecified atom stereocenters. The van der Waals surface area contributed by atoms with Crippen LogP contribution in [0.25, 0.3) is 0 Å². The Morgan fingerprint density at radius 3 is 2.73 bits per heavy atom. The molecule has 2 rings (SSSR count). The summed E-state index contributed by atoms with van der Waals surface area (Å²) >= 11 is 0. The van der Waals surface area contributed by atoms with Crippen LogP contribution in [0.15, 0.2) is 0 Å². The summed E-state index contributed by atoms with van der Waals surface area (Å²) in [6.45, 7) is 4.25. The molecule has 4 nitrogen and oxygen atoms in total. The monoisotopic (exact) mass is 212 g/mol. The lowest BCUT2D eigenvalue weighted by Crippen LogP contribution is -2.45. The maximum Gasteiger partial charge on any atom is 0.239 e. The zero-order valence-corrected chi connectivity index (χ0v) is 9.32. The van der Waals surface area contributed by atoms with E-state index in [4.69, 9.17) is 10.5 Å². The number of ether oxygens (including phenoxy) is 1. The fraction of sp³-hybridized carbons (Fsp3) is 0.909. The Labute approximate surface area is 90.8 Å². The third-order valence-electron chi connectivity index (χ3n) is 3.14. The van der Waals surface area contributed by atoms with Gasteiger partial charge < -0.3 is 15.4 Å². The Hall–Kier alpha value is -0.610. The van der Waals surface area contributed by atoms with Gasteiger partial charge in [0.05, 0.1) is 12.6 Å². The predicted molar refractivity (Wildman–Crippen MR) is 57.3 cm³/mol. The molecule has 15 heavy (non-hydrogen) atoms. The fourth-order valence-corrected chi connectivity index (χ4v) is 2.07. The SMILES string of the molecule is CC(N)C(=O)N(CC1CCOC1)C1CC1. The number of carbonyl (C=O) groups excluding carboxylic acids is 1. The first-order chi connectivity index (χ1) is 7.18. The molecule has 0 spiro atoms. The molecule has 86 valence electrons. The van der Waals surface area contributed by atoms with Gasteiger partial charge in [0.15, 0.2) is 0 Å². The number of nitrogens with two attached hydrogens (primary N) is 1. The van der Waals surface area contributed by atoms with E-state index in [1.165, 1.54) is 0 Å². The van der Waals surface area contributed by atoms with Gasteiger partial charge in [-0.15, -0.1) is 0 Å². The highest BCUT2D eigenvalue weighted by molar-refractivity contribution is 5.81. The zero-order valence-electron chi connectivity index (χ0n) is 9.32. The highest BCUT2D eigenvalue weighted by Gasteiger charge is 2.35. The lowest BCUT2D eigenvalue weighted by molar-refractivity contribution is -0.133. The van der Waals surface area contributed by atoms with Gasteiger partial charge in [0.2, 0.25) is 5.91 Å². The molecule has 0 aromatic carbocycles. The van der Waals surface area contributed by atoms with Crippen molar-refractivity contribution in [1.82, 2.24) is 4.90 Å². The molecule has 0 radical (unpaired) electrons. The molecule has 1 aliphatic heterocycles. The maximum absolute atomic E-state index is 11.9. The fourth-order valence-electron chi connectivity index (χ4n) is 2.07. The first-order valence-corrected chi connectivity index (χ1v) is 5.82. The number of hydrogen-bond donors (Lipinski definition) is 1. The normalized spacial score (nSPS) is 27.7. The Kier molecular flexibility index (Phi) is 3.26. The van der Waals surface area contributed by atoms with Crippen LogP contribution in [0.5, 0.6) is 0 Å². The van der Waals surface area contributed by atoms with Crippen LogP contribution >= 0.6 is 0 Å². The van der Waals surface area contributed by atoms with Crippen LogP contribution in [0.4, 0.5) is 0 Å². The zero-order chi connectivity index (χ0) is 10.8. The molecule has 1 saturated carbocycles. The number of amides is 1. The van der Waals surface area contributed by atoms with Crippen molar-refractivity contribution in [3.05, 3.63) is 0 Å². The molecule has 1 amide bonds. The van der Waals surface area contributed by atoms with E-state index in [-0.39, 0.29) is 11.9 Å². The lowest BCUT2D eigenvalue weighted by atomic mass is 10.1. The van der Waals surface area contributed by atoms with Crippen molar-refractivity contribution < 1.29 is 9.53 Å². The van der Waals surface area contributed by atoms with E-state index < -0.39 is 0 Å². The predicted octanol–water partition coefficient (Wildman–Crippen LogP) is 0.361. The van der Waals surface area contributed by atoms with E-state index in [2.05, 4.69) is 0 Å². The van der Waals surface area contributed by atoms with E-state index in [1.807, 2.05) is 4.90 Å². The van der Waals surface area contributed by atoms with Crippen LogP contribution in [0, 0.1) is 5.92 Å². The molecular formula is C11H20N2O2. The molecule has 1 aliphatic carbocycles. The largest absolute Gasteiger partial charge is 0.381 e. The summed E-state index contributed by atoms with van der Waals surface area (Å²) in [5.41, 5.74) is 5.65. The molecule has 2 aliphatic rings. The standard InChI is InChI=1S/C11H20N2O2/c1-8(12)11(14)13(10-2-3-10)6-9-4-5-15-7-9/h8-10H,2-7,12H2,1H3. The van der Waals surface area contributed by atoms with E-state index >= 15 is 0 Å². The van der Waals surface area contributed by atoms with Crippen molar-refractivity contribution in [2.45, 2.75) is 38.3 Å². The summed E-state index contributed by atoms with van der Waals surface area (Å²) in [5.74, 6) is 0.623. The maximum atomic E-state index is 11.9. The molecule has 1 saturated heterocycles. The second-order valence-electron chi connectivity index (χ2n) is 4.74. The van der Waals surface area contributed by atoms with Crippen molar-refractivity contribution in [3.63, 3.8) is 0 Å². The molecular weight excluding hydrogens is 192 g/mol. The van der Waals surface area contributed by atoms with E-state index in [9.17, 15) is 4.79 Å². The minimum Gasteiger partial charge on any atom is -0.381 e. The van der Waals surface area contributed by atoms with Gasteiger partial charge in [0.1, 0.15) is 0 Å². The van der Waals surface area contributed by atoms with Gasteiger partial charge in [-0.2, -0.15) is 0 Å². The second-order valence-corrected chi connectivity index (χ2v) is 4.74. The molecule has 2 atom stereocenters. The summed E-state index contributed by atoms with van der Waals surface area (Å²) in [6.07, 6.45) is 3.37. The van der Waals surface area contributed by atoms with Gasteiger partial charge in [-0.1, -0.05) is 0 Å². The number of carbonyl (C=O) groups is 1. The molecule has 2 N–H and O–H groups in total. The van der Waals surface area contributed by atoms with Crippen molar-refractivity contribution in [3.8, 4) is 0 Å². The van der Waals surface area contributed by atoms with Crippen LogP contribution < -0.4 is 5.73 Å². The number of rotatable bonds is 4. The van der Waals surface area contributed by atoms with Gasteiger partial charge in [0, 0.05) is 25.1 Å². The lowest BCUT2D eigenvalue weighted by Gasteiger charge is -2.26. The number of hydrogen-bond acceptors (Lipinski definition) is 3. The Balaban J connectivity index is 1.90. The van der Waals surface area contributed by atoms with Gasteiger partial charge >= 0.3 is 0 Å². The first kappa shape index (κ1) is 10.9. The summed E-state index contributed by atoms with van der Waals surface area (Å²) in [5, 5.41) is 0. The van der Waals surface area contributed by atoms with Gasteiger partial charge in [-0.25, -0.2) is 0 Å². The quantitative estimate of drug-likeness (QED) is 0.732. The second kappa shape index (κ2) is 4.49. The average molecular weight is 212 g/mol. The van der Waals surface area contributed by atoms with E-state index in [0.717, 1.165) is 39.0 Å². The topological polar surface area (TPSA) is 55.6 Å². The molecule has 0 aromatic heterocycles. The minimum atomic E-state index is -0.368. The Bertz CT molecular complexity index is 233. The van der Waals surface area contributed by atoms with Crippen molar-refractivity contribution in [1.29, 1.82) is 0 Å². The van der Waals surface area contributed by atoms with E-state index in [1.54, 1.807) is 6.92 Å². The van der Waals surface area contributed by atoms with Gasteiger partial charge in [-0.05, 0) is 26.2 Å². The van der Waals surface area contributed by atoms with Gasteiger partial charge in [-0.3, -0.25) is 4.79 Å². The van der Waals surface area contributed by atoms with Crippen molar-refractivity contribution >= 4 is 5.91 Å². The summed E-state index contributed by atoms with van der Waals surface area (Å²) in [4.78, 5) is 13.8. The smallest absolute Gasteiger partial charge is 0.239 e. The van der Waals surface area contributed by atoms with Crippen molar-refractivity contribution in [2.24, 2.45) is 11.7 Å². The Morgan fingerprint density at radius 1 is 1.53 bits per heavy atom. The van der Waals surface area contributed by atoms with Crippen LogP contribution in [0.3, 0.4) is 0 Å². The summed E-state index contributed by atoms with van der Waals surface area (Å²) in [7, 11) is 0. The highest BCUT2D eigenvalue weighted by atomic mass is 16.5. The Morgan fingerprint density at radius 2 is 2.27 bits per heavy atom. The number of nitrogens with zero attached hydrogens (tertiary/aromatic N) is 1. The van der Waals surface area contributed by atoms with Crippen LogP contribution in [0.2, 0.25) is 0 Å². The van der Waals surface area contributed by atoms with Crippen molar-refractivity contribution in [2.75, 3.05) is 19.8 Å². The molecule has 0 aromatic rings.